The highest BCUT2D eigenvalue weighted by atomic mass is 35.5. The SMILES string of the molecule is CC(C)Oc1nc(Cl)nc(N(C)Cc2ccncc2)n1. The smallest absolute Gasteiger partial charge is 0.322 e. The van der Waals surface area contributed by atoms with Gasteiger partial charge in [-0.25, -0.2) is 0 Å². The first-order valence-electron chi connectivity index (χ1n) is 6.23. The highest BCUT2D eigenvalue weighted by molar-refractivity contribution is 6.28. The van der Waals surface area contributed by atoms with Crippen LogP contribution in [0.25, 0.3) is 0 Å². The lowest BCUT2D eigenvalue weighted by Crippen LogP contribution is -2.20. The third kappa shape index (κ3) is 4.03. The lowest BCUT2D eigenvalue weighted by Gasteiger charge is -2.17. The van der Waals surface area contributed by atoms with E-state index in [4.69, 9.17) is 16.3 Å². The van der Waals surface area contributed by atoms with Gasteiger partial charge in [-0.2, -0.15) is 15.0 Å². The van der Waals surface area contributed by atoms with Gasteiger partial charge < -0.3 is 9.64 Å². The minimum atomic E-state index is -0.0215. The molecule has 0 atom stereocenters. The predicted octanol–water partition coefficient (Wildman–Crippen LogP) is 2.34. The van der Waals surface area contributed by atoms with Crippen molar-refractivity contribution in [1.29, 1.82) is 0 Å². The predicted molar refractivity (Wildman–Crippen MR) is 76.9 cm³/mol. The number of rotatable bonds is 5. The molecule has 0 radical (unpaired) electrons. The molecule has 0 aliphatic heterocycles. The molecular formula is C13H16ClN5O. The topological polar surface area (TPSA) is 64.0 Å². The molecule has 2 heterocycles. The van der Waals surface area contributed by atoms with Crippen molar-refractivity contribution in [3.63, 3.8) is 0 Å². The van der Waals surface area contributed by atoms with Gasteiger partial charge in [-0.3, -0.25) is 4.98 Å². The van der Waals surface area contributed by atoms with Crippen molar-refractivity contribution in [2.24, 2.45) is 0 Å². The van der Waals surface area contributed by atoms with E-state index in [-0.39, 0.29) is 17.4 Å². The second kappa shape index (κ2) is 6.47. The molecule has 0 saturated heterocycles. The zero-order chi connectivity index (χ0) is 14.5. The fourth-order valence-electron chi connectivity index (χ4n) is 1.59. The molecule has 106 valence electrons. The molecule has 0 N–H and O–H groups in total. The van der Waals surface area contributed by atoms with Gasteiger partial charge in [0.2, 0.25) is 11.2 Å². The van der Waals surface area contributed by atoms with Crippen molar-refractivity contribution in [2.75, 3.05) is 11.9 Å². The Bertz CT molecular complexity index is 564. The minimum Gasteiger partial charge on any atom is -0.461 e. The summed E-state index contributed by atoms with van der Waals surface area (Å²) in [6.45, 7) is 4.44. The van der Waals surface area contributed by atoms with E-state index >= 15 is 0 Å². The second-order valence-electron chi connectivity index (χ2n) is 4.57. The van der Waals surface area contributed by atoms with Gasteiger partial charge in [0.05, 0.1) is 6.10 Å². The number of nitrogens with zero attached hydrogens (tertiary/aromatic N) is 5. The largest absolute Gasteiger partial charge is 0.461 e. The summed E-state index contributed by atoms with van der Waals surface area (Å²) >= 11 is 5.90. The van der Waals surface area contributed by atoms with E-state index < -0.39 is 0 Å². The maximum absolute atomic E-state index is 5.90. The van der Waals surface area contributed by atoms with E-state index in [2.05, 4.69) is 19.9 Å². The van der Waals surface area contributed by atoms with Gasteiger partial charge in [0.1, 0.15) is 0 Å². The van der Waals surface area contributed by atoms with Crippen LogP contribution in [0.15, 0.2) is 24.5 Å². The van der Waals surface area contributed by atoms with Crippen molar-refractivity contribution in [3.05, 3.63) is 35.4 Å². The number of anilines is 1. The molecule has 0 fully saturated rings. The summed E-state index contributed by atoms with van der Waals surface area (Å²) in [5.74, 6) is 0.470. The molecule has 0 bridgehead atoms. The first kappa shape index (κ1) is 14.5. The van der Waals surface area contributed by atoms with E-state index in [1.807, 2.05) is 37.9 Å². The highest BCUT2D eigenvalue weighted by Crippen LogP contribution is 2.16. The van der Waals surface area contributed by atoms with Gasteiger partial charge in [-0.15, -0.1) is 0 Å². The molecule has 0 unspecified atom stereocenters. The van der Waals surface area contributed by atoms with Gasteiger partial charge in [0.25, 0.3) is 0 Å². The first-order chi connectivity index (χ1) is 9.54. The van der Waals surface area contributed by atoms with Crippen LogP contribution in [0, 0.1) is 0 Å². The van der Waals surface area contributed by atoms with Crippen LogP contribution < -0.4 is 9.64 Å². The standard InChI is InChI=1S/C13H16ClN5O/c1-9(2)20-13-17-11(14)16-12(18-13)19(3)8-10-4-6-15-7-5-10/h4-7,9H,8H2,1-3H3. The Balaban J connectivity index is 2.16. The molecule has 2 aromatic heterocycles. The minimum absolute atomic E-state index is 0.0215. The highest BCUT2D eigenvalue weighted by Gasteiger charge is 2.11. The van der Waals surface area contributed by atoms with E-state index in [0.29, 0.717) is 12.5 Å². The molecule has 2 rings (SSSR count). The van der Waals surface area contributed by atoms with Crippen LogP contribution in [0.1, 0.15) is 19.4 Å². The van der Waals surface area contributed by atoms with Gasteiger partial charge in [0.15, 0.2) is 0 Å². The number of halogens is 1. The zero-order valence-electron chi connectivity index (χ0n) is 11.6. The average molecular weight is 294 g/mol. The second-order valence-corrected chi connectivity index (χ2v) is 4.90. The lowest BCUT2D eigenvalue weighted by atomic mass is 10.2. The summed E-state index contributed by atoms with van der Waals surface area (Å²) in [5.41, 5.74) is 1.10. The number of ether oxygens (including phenoxy) is 1. The number of hydrogen-bond donors (Lipinski definition) is 0. The summed E-state index contributed by atoms with van der Waals surface area (Å²) in [6, 6.07) is 4.10. The number of pyridine rings is 1. The van der Waals surface area contributed by atoms with Crippen molar-refractivity contribution in [3.8, 4) is 6.01 Å². The van der Waals surface area contributed by atoms with E-state index in [1.54, 1.807) is 12.4 Å². The summed E-state index contributed by atoms with van der Waals surface area (Å²) in [5, 5.41) is 0.118. The van der Waals surface area contributed by atoms with Crippen LogP contribution in [0.3, 0.4) is 0 Å². The molecule has 7 heteroatoms. The maximum Gasteiger partial charge on any atom is 0.322 e. The van der Waals surface area contributed by atoms with Crippen LogP contribution in [0.2, 0.25) is 5.28 Å². The van der Waals surface area contributed by atoms with Gasteiger partial charge >= 0.3 is 6.01 Å². The van der Waals surface area contributed by atoms with Gasteiger partial charge in [-0.1, -0.05) is 0 Å². The Morgan fingerprint density at radius 2 is 1.90 bits per heavy atom. The number of aromatic nitrogens is 4. The Labute approximate surface area is 122 Å². The van der Waals surface area contributed by atoms with Crippen LogP contribution in [0.5, 0.6) is 6.01 Å². The van der Waals surface area contributed by atoms with Gasteiger partial charge in [0, 0.05) is 26.0 Å². The van der Waals surface area contributed by atoms with Gasteiger partial charge in [-0.05, 0) is 43.1 Å². The van der Waals surface area contributed by atoms with Crippen LogP contribution in [0.4, 0.5) is 5.95 Å². The third-order valence-corrected chi connectivity index (χ3v) is 2.60. The Morgan fingerprint density at radius 3 is 2.55 bits per heavy atom. The molecule has 6 nitrogen and oxygen atoms in total. The molecular weight excluding hydrogens is 278 g/mol. The van der Waals surface area contributed by atoms with E-state index in [0.717, 1.165) is 5.56 Å². The molecule has 0 aromatic carbocycles. The van der Waals surface area contributed by atoms with Crippen LogP contribution in [-0.2, 0) is 6.54 Å². The summed E-state index contributed by atoms with van der Waals surface area (Å²) < 4.78 is 5.45. The average Bonchev–Trinajstić information content (AvgIpc) is 2.38. The van der Waals surface area contributed by atoms with Crippen molar-refractivity contribution in [1.82, 2.24) is 19.9 Å². The first-order valence-corrected chi connectivity index (χ1v) is 6.60. The Hall–Kier alpha value is -1.95. The number of hydrogen-bond acceptors (Lipinski definition) is 6. The summed E-state index contributed by atoms with van der Waals surface area (Å²) in [6.07, 6.45) is 3.47. The summed E-state index contributed by atoms with van der Waals surface area (Å²) in [7, 11) is 1.88. The Kier molecular flexibility index (Phi) is 4.68. The molecule has 0 aliphatic rings. The molecule has 2 aromatic rings. The third-order valence-electron chi connectivity index (χ3n) is 2.43. The summed E-state index contributed by atoms with van der Waals surface area (Å²) in [4.78, 5) is 18.2. The molecule has 0 spiro atoms. The Morgan fingerprint density at radius 1 is 1.20 bits per heavy atom. The van der Waals surface area contributed by atoms with Crippen molar-refractivity contribution >= 4 is 17.5 Å². The molecule has 20 heavy (non-hydrogen) atoms. The van der Waals surface area contributed by atoms with E-state index in [9.17, 15) is 0 Å². The van der Waals surface area contributed by atoms with Crippen molar-refractivity contribution in [2.45, 2.75) is 26.5 Å². The quantitative estimate of drug-likeness (QED) is 0.843. The lowest BCUT2D eigenvalue weighted by molar-refractivity contribution is 0.221. The maximum atomic E-state index is 5.90. The molecule has 0 amide bonds. The van der Waals surface area contributed by atoms with E-state index in [1.165, 1.54) is 0 Å². The normalized spacial score (nSPS) is 10.7. The van der Waals surface area contributed by atoms with Crippen LogP contribution >= 0.6 is 11.6 Å². The molecule has 0 aliphatic carbocycles. The van der Waals surface area contributed by atoms with Crippen molar-refractivity contribution < 1.29 is 4.74 Å². The fraction of sp³-hybridized carbons (Fsp3) is 0.385. The molecule has 0 saturated carbocycles. The fourth-order valence-corrected chi connectivity index (χ4v) is 1.74. The zero-order valence-corrected chi connectivity index (χ0v) is 12.4. The monoisotopic (exact) mass is 293 g/mol. The van der Waals surface area contributed by atoms with Crippen LogP contribution in [-0.4, -0.2) is 33.1 Å².